The topological polar surface area (TPSA) is 72.6 Å². The van der Waals surface area contributed by atoms with E-state index in [9.17, 15) is 18.9 Å². The molecule has 1 N–H and O–H groups in total. The van der Waals surface area contributed by atoms with Crippen LogP contribution in [0.3, 0.4) is 0 Å². The first-order chi connectivity index (χ1) is 7.43. The molecule has 88 valence electrons. The second-order valence-electron chi connectivity index (χ2n) is 3.13. The largest absolute Gasteiger partial charge is 0.482 e. The Kier molecular flexibility index (Phi) is 3.73. The van der Waals surface area contributed by atoms with Crippen molar-refractivity contribution in [3.8, 4) is 5.75 Å². The van der Waals surface area contributed by atoms with Gasteiger partial charge in [-0.1, -0.05) is 0 Å². The van der Waals surface area contributed by atoms with Crippen molar-refractivity contribution in [2.24, 2.45) is 0 Å². The number of hydrogen-bond donors (Lipinski definition) is 1. The van der Waals surface area contributed by atoms with Gasteiger partial charge >= 0.3 is 5.69 Å². The maximum absolute atomic E-state index is 13.2. The van der Waals surface area contributed by atoms with Crippen LogP contribution in [0.1, 0.15) is 6.92 Å². The highest BCUT2D eigenvalue weighted by Gasteiger charge is 2.23. The third-order valence-electron chi connectivity index (χ3n) is 1.69. The van der Waals surface area contributed by atoms with Crippen LogP contribution in [0.2, 0.25) is 0 Å². The molecule has 0 saturated carbocycles. The lowest BCUT2D eigenvalue weighted by atomic mass is 10.2. The Labute approximate surface area is 89.4 Å². The van der Waals surface area contributed by atoms with Gasteiger partial charge in [0.25, 0.3) is 0 Å². The molecule has 5 nitrogen and oxygen atoms in total. The number of benzene rings is 1. The predicted molar refractivity (Wildman–Crippen MR) is 50.2 cm³/mol. The third kappa shape index (κ3) is 2.63. The van der Waals surface area contributed by atoms with Gasteiger partial charge in [-0.25, -0.2) is 4.39 Å². The lowest BCUT2D eigenvalue weighted by Crippen LogP contribution is -2.14. The van der Waals surface area contributed by atoms with E-state index in [1.165, 1.54) is 6.92 Å². The average Bonchev–Trinajstić information content (AvgIpc) is 2.19. The smallest absolute Gasteiger partial charge is 0.314 e. The van der Waals surface area contributed by atoms with Gasteiger partial charge in [0.2, 0.25) is 11.6 Å². The first-order valence-corrected chi connectivity index (χ1v) is 4.36. The molecule has 0 amide bonds. The van der Waals surface area contributed by atoms with Gasteiger partial charge in [0.05, 0.1) is 11.0 Å². The van der Waals surface area contributed by atoms with Crippen molar-refractivity contribution in [1.29, 1.82) is 0 Å². The Morgan fingerprint density at radius 3 is 2.69 bits per heavy atom. The number of rotatable bonds is 4. The van der Waals surface area contributed by atoms with E-state index < -0.39 is 34.1 Å². The van der Waals surface area contributed by atoms with E-state index in [0.717, 1.165) is 6.07 Å². The molecule has 0 radical (unpaired) electrons. The number of hydrogen-bond acceptors (Lipinski definition) is 4. The van der Waals surface area contributed by atoms with E-state index in [2.05, 4.69) is 4.74 Å². The first kappa shape index (κ1) is 12.3. The summed E-state index contributed by atoms with van der Waals surface area (Å²) in [5.74, 6) is -3.48. The number of aliphatic hydroxyl groups is 1. The molecule has 1 aromatic carbocycles. The summed E-state index contributed by atoms with van der Waals surface area (Å²) in [6.45, 7) is 0.990. The molecule has 0 aromatic heterocycles. The molecule has 0 aliphatic rings. The minimum atomic E-state index is -1.44. The molecule has 0 spiro atoms. The average molecular weight is 233 g/mol. The summed E-state index contributed by atoms with van der Waals surface area (Å²) < 4.78 is 30.7. The minimum Gasteiger partial charge on any atom is -0.482 e. The molecule has 0 bridgehead atoms. The Balaban J connectivity index is 3.11. The SMILES string of the molecule is CC(O)COc1c([N+](=O)[O-])ccc(F)c1F. The molecule has 1 unspecified atom stereocenters. The molecule has 1 aromatic rings. The van der Waals surface area contributed by atoms with Gasteiger partial charge in [-0.05, 0) is 13.0 Å². The van der Waals surface area contributed by atoms with Crippen LogP contribution in [0, 0.1) is 21.7 Å². The van der Waals surface area contributed by atoms with Crippen LogP contribution in [0.4, 0.5) is 14.5 Å². The molecule has 1 rings (SSSR count). The molecule has 0 heterocycles. The molecular weight excluding hydrogens is 224 g/mol. The van der Waals surface area contributed by atoms with Crippen molar-refractivity contribution in [2.75, 3.05) is 6.61 Å². The molecule has 0 aliphatic carbocycles. The monoisotopic (exact) mass is 233 g/mol. The van der Waals surface area contributed by atoms with Crippen LogP contribution < -0.4 is 4.74 Å². The van der Waals surface area contributed by atoms with Crippen LogP contribution in [-0.2, 0) is 0 Å². The number of ether oxygens (including phenoxy) is 1. The summed E-state index contributed by atoms with van der Waals surface area (Å²) in [6.07, 6.45) is -0.942. The van der Waals surface area contributed by atoms with Crippen molar-refractivity contribution in [3.05, 3.63) is 33.9 Å². The number of nitro benzene ring substituents is 1. The van der Waals surface area contributed by atoms with E-state index >= 15 is 0 Å². The summed E-state index contributed by atoms with van der Waals surface area (Å²) in [6, 6.07) is 1.44. The Bertz CT molecular complexity index is 409. The van der Waals surface area contributed by atoms with Gasteiger partial charge < -0.3 is 9.84 Å². The Hall–Kier alpha value is -1.76. The maximum atomic E-state index is 13.2. The predicted octanol–water partition coefficient (Wildman–Crippen LogP) is 1.63. The highest BCUT2D eigenvalue weighted by Crippen LogP contribution is 2.31. The Morgan fingerprint density at radius 2 is 2.19 bits per heavy atom. The molecule has 0 saturated heterocycles. The normalized spacial score (nSPS) is 12.2. The first-order valence-electron chi connectivity index (χ1n) is 4.36. The lowest BCUT2D eigenvalue weighted by Gasteiger charge is -2.09. The number of nitrogens with zero attached hydrogens (tertiary/aromatic N) is 1. The van der Waals surface area contributed by atoms with Crippen molar-refractivity contribution in [2.45, 2.75) is 13.0 Å². The van der Waals surface area contributed by atoms with Gasteiger partial charge in [-0.3, -0.25) is 10.1 Å². The highest BCUT2D eigenvalue weighted by atomic mass is 19.2. The van der Waals surface area contributed by atoms with E-state index in [-0.39, 0.29) is 6.61 Å². The zero-order valence-corrected chi connectivity index (χ0v) is 8.31. The molecule has 1 atom stereocenters. The molecular formula is C9H9F2NO4. The standard InChI is InChI=1S/C9H9F2NO4/c1-5(13)4-16-9-7(12(14)15)3-2-6(10)8(9)11/h2-3,5,13H,4H2,1H3. The summed E-state index contributed by atoms with van der Waals surface area (Å²) in [5, 5.41) is 19.4. The van der Waals surface area contributed by atoms with Crippen LogP contribution >= 0.6 is 0 Å². The van der Waals surface area contributed by atoms with Crippen molar-refractivity contribution < 1.29 is 23.5 Å². The van der Waals surface area contributed by atoms with Gasteiger partial charge in [0.15, 0.2) is 5.82 Å². The summed E-state index contributed by atoms with van der Waals surface area (Å²) in [5.41, 5.74) is -0.681. The fraction of sp³-hybridized carbons (Fsp3) is 0.333. The zero-order chi connectivity index (χ0) is 12.3. The van der Waals surface area contributed by atoms with Gasteiger partial charge in [0.1, 0.15) is 6.61 Å². The van der Waals surface area contributed by atoms with E-state index in [1.54, 1.807) is 0 Å². The van der Waals surface area contributed by atoms with Gasteiger partial charge in [-0.2, -0.15) is 4.39 Å². The van der Waals surface area contributed by atoms with Gasteiger partial charge in [-0.15, -0.1) is 0 Å². The van der Waals surface area contributed by atoms with Gasteiger partial charge in [0, 0.05) is 6.07 Å². The second kappa shape index (κ2) is 4.84. The zero-order valence-electron chi connectivity index (χ0n) is 8.31. The van der Waals surface area contributed by atoms with Crippen molar-refractivity contribution in [3.63, 3.8) is 0 Å². The molecule has 16 heavy (non-hydrogen) atoms. The molecule has 7 heteroatoms. The van der Waals surface area contributed by atoms with Crippen LogP contribution in [0.15, 0.2) is 12.1 Å². The number of nitro groups is 1. The van der Waals surface area contributed by atoms with Crippen molar-refractivity contribution in [1.82, 2.24) is 0 Å². The lowest BCUT2D eigenvalue weighted by molar-refractivity contribution is -0.386. The fourth-order valence-corrected chi connectivity index (χ4v) is 1.01. The van der Waals surface area contributed by atoms with E-state index in [1.807, 2.05) is 0 Å². The maximum Gasteiger partial charge on any atom is 0.314 e. The molecule has 0 aliphatic heterocycles. The van der Waals surface area contributed by atoms with Crippen molar-refractivity contribution >= 4 is 5.69 Å². The summed E-state index contributed by atoms with van der Waals surface area (Å²) in [7, 11) is 0. The van der Waals surface area contributed by atoms with E-state index in [0.29, 0.717) is 6.07 Å². The minimum absolute atomic E-state index is 0.360. The Morgan fingerprint density at radius 1 is 1.56 bits per heavy atom. The van der Waals surface area contributed by atoms with Crippen LogP contribution in [-0.4, -0.2) is 22.7 Å². The number of aliphatic hydroxyl groups excluding tert-OH is 1. The van der Waals surface area contributed by atoms with Crippen LogP contribution in [0.5, 0.6) is 5.75 Å². The summed E-state index contributed by atoms with van der Waals surface area (Å²) in [4.78, 5) is 9.61. The van der Waals surface area contributed by atoms with Crippen LogP contribution in [0.25, 0.3) is 0 Å². The summed E-state index contributed by atoms with van der Waals surface area (Å²) >= 11 is 0. The fourth-order valence-electron chi connectivity index (χ4n) is 1.01. The second-order valence-corrected chi connectivity index (χ2v) is 3.13. The third-order valence-corrected chi connectivity index (χ3v) is 1.69. The molecule has 0 fully saturated rings. The van der Waals surface area contributed by atoms with E-state index in [4.69, 9.17) is 5.11 Å². The highest BCUT2D eigenvalue weighted by molar-refractivity contribution is 5.47. The number of halogens is 2. The quantitative estimate of drug-likeness (QED) is 0.633.